The average molecular weight is 951 g/mol. The Bertz CT molecular complexity index is 2890. The van der Waals surface area contributed by atoms with Gasteiger partial charge in [-0.1, -0.05) is 77.2 Å². The van der Waals surface area contributed by atoms with Crippen LogP contribution in [0.1, 0.15) is 32.4 Å². The Kier molecular flexibility index (Phi) is 14.0. The van der Waals surface area contributed by atoms with Crippen LogP contribution < -0.4 is 9.80 Å². The zero-order valence-corrected chi connectivity index (χ0v) is 39.3. The molecule has 2 fully saturated rings. The molecule has 8 rings (SSSR count). The van der Waals surface area contributed by atoms with Crippen LogP contribution in [-0.4, -0.2) is 98.7 Å². The van der Waals surface area contributed by atoms with E-state index >= 15 is 0 Å². The first kappa shape index (κ1) is 46.8. The molecule has 2 atom stereocenters. The van der Waals surface area contributed by atoms with E-state index in [2.05, 4.69) is 33.7 Å². The van der Waals surface area contributed by atoms with Gasteiger partial charge in [-0.3, -0.25) is 9.69 Å². The molecule has 0 aliphatic carbocycles. The molecule has 17 heteroatoms. The summed E-state index contributed by atoms with van der Waals surface area (Å²) in [4.78, 5) is 50.3. The molecule has 4 aromatic carbocycles. The fraction of sp³-hybridized carbons (Fsp3) is 0.292. The maximum absolute atomic E-state index is 12.6. The smallest absolute Gasteiger partial charge is 0.411 e. The Morgan fingerprint density at radius 1 is 0.677 bits per heavy atom. The molecule has 332 valence electrons. The van der Waals surface area contributed by atoms with Crippen LogP contribution in [0.4, 0.5) is 16.4 Å². The third-order valence-corrected chi connectivity index (χ3v) is 11.9. The average Bonchev–Trinajstić information content (AvgIpc) is 3.27. The van der Waals surface area contributed by atoms with E-state index in [1.165, 1.54) is 15.9 Å². The number of hydrogen-bond acceptors (Lipinski definition) is 11. The summed E-state index contributed by atoms with van der Waals surface area (Å²) in [7, 11) is 0. The Labute approximate surface area is 397 Å². The van der Waals surface area contributed by atoms with Gasteiger partial charge >= 0.3 is 6.09 Å². The molecular weight excluding hydrogens is 906 g/mol. The lowest BCUT2D eigenvalue weighted by Gasteiger charge is -2.39. The zero-order chi connectivity index (χ0) is 46.7. The number of hydrogen-bond donors (Lipinski definition) is 0. The normalized spacial score (nSPS) is 16.4. The van der Waals surface area contributed by atoms with Crippen LogP contribution in [0.25, 0.3) is 44.1 Å². The van der Waals surface area contributed by atoms with Crippen molar-refractivity contribution in [1.82, 2.24) is 29.7 Å². The quantitative estimate of drug-likeness (QED) is 0.152. The Hall–Kier alpha value is -6.22. The van der Waals surface area contributed by atoms with Crippen LogP contribution in [0.5, 0.6) is 0 Å². The molecule has 2 unspecified atom stereocenters. The molecule has 2 amide bonds. The number of halogens is 4. The first-order chi connectivity index (χ1) is 31.0. The summed E-state index contributed by atoms with van der Waals surface area (Å²) in [5.41, 5.74) is 4.34. The van der Waals surface area contributed by atoms with Crippen LogP contribution in [0.3, 0.4) is 0 Å². The topological polar surface area (TPSA) is 155 Å². The van der Waals surface area contributed by atoms with Gasteiger partial charge in [0, 0.05) is 58.1 Å². The minimum absolute atomic E-state index is 0.244. The molecule has 2 aliphatic heterocycles. The highest BCUT2D eigenvalue weighted by Gasteiger charge is 2.35. The first-order valence-electron chi connectivity index (χ1n) is 20.7. The maximum atomic E-state index is 12.6. The van der Waals surface area contributed by atoms with E-state index in [1.54, 1.807) is 0 Å². The summed E-state index contributed by atoms with van der Waals surface area (Å²) in [6, 6.07) is 25.7. The van der Waals surface area contributed by atoms with Gasteiger partial charge in [-0.25, -0.2) is 24.7 Å². The number of nitrogens with zero attached hydrogens (tertiary/aromatic N) is 10. The number of aromatic nitrogens is 4. The molecule has 0 spiro atoms. The van der Waals surface area contributed by atoms with Gasteiger partial charge in [-0.2, -0.15) is 10.5 Å². The number of carbonyl (C=O) groups excluding carboxylic acids is 2. The molecule has 6 aromatic rings. The number of anilines is 2. The van der Waals surface area contributed by atoms with E-state index in [4.69, 9.17) is 56.1 Å². The Morgan fingerprint density at radius 3 is 1.49 bits per heavy atom. The van der Waals surface area contributed by atoms with Crippen LogP contribution >= 0.6 is 46.4 Å². The third kappa shape index (κ3) is 10.5. The molecule has 0 bridgehead atoms. The standard InChI is InChI=1S/C25H25Cl2N5O2.C23H19Cl2N5O/c1-15-29-22-12-21(27)19(16-5-7-17(26)8-6-16)11-20(22)23(30-15)31-9-10-32(18(13-28)14-31)24(33)34-25(2,3)4;1-3-22(31)30-9-8-29(13-17(30)12-26)23-19-10-18(15-4-6-16(24)7-5-15)20(25)11-21(19)27-14(2)28-23/h5-8,11-12,18H,9-10,14H2,1-4H3;3-7,10-11,17H,1,8-9,13H2,2H3. The van der Waals surface area contributed by atoms with E-state index < -0.39 is 23.8 Å². The molecule has 4 heterocycles. The number of amides is 2. The molecule has 2 aliphatic rings. The lowest BCUT2D eigenvalue weighted by Crippen LogP contribution is -2.56. The SMILES string of the molecule is C=CC(=O)N1CCN(c2nc(C)nc3cc(Cl)c(-c4ccc(Cl)cc4)cc23)CC1C#N.Cc1nc(N2CCN(C(=O)OC(C)(C)C)C(C#N)C2)c2cc(-c3ccc(Cl)cc3)c(Cl)cc2n1. The summed E-state index contributed by atoms with van der Waals surface area (Å²) in [5, 5.41) is 23.5. The third-order valence-electron chi connectivity index (χ3n) is 10.8. The maximum Gasteiger partial charge on any atom is 0.411 e. The molecule has 2 saturated heterocycles. The number of benzene rings is 4. The number of nitriles is 2. The van der Waals surface area contributed by atoms with E-state index in [1.807, 2.05) is 117 Å². The van der Waals surface area contributed by atoms with Crippen molar-refractivity contribution in [3.8, 4) is 34.4 Å². The molecular formula is C48H44Cl4N10O3. The molecule has 0 N–H and O–H groups in total. The zero-order valence-electron chi connectivity index (χ0n) is 36.3. The fourth-order valence-corrected chi connectivity index (χ4v) is 8.56. The highest BCUT2D eigenvalue weighted by Crippen LogP contribution is 2.38. The summed E-state index contributed by atoms with van der Waals surface area (Å²) >= 11 is 25.3. The van der Waals surface area contributed by atoms with Crippen LogP contribution in [0.2, 0.25) is 20.1 Å². The predicted octanol–water partition coefficient (Wildman–Crippen LogP) is 10.5. The molecule has 13 nitrogen and oxygen atoms in total. The predicted molar refractivity (Wildman–Crippen MR) is 258 cm³/mol. The van der Waals surface area contributed by atoms with Gasteiger partial charge < -0.3 is 19.4 Å². The van der Waals surface area contributed by atoms with Crippen molar-refractivity contribution in [1.29, 1.82) is 10.5 Å². The second-order valence-corrected chi connectivity index (χ2v) is 18.2. The van der Waals surface area contributed by atoms with Crippen LogP contribution in [0.15, 0.2) is 85.5 Å². The number of rotatable bonds is 5. The minimum atomic E-state index is -0.669. The first-order valence-corrected chi connectivity index (χ1v) is 22.2. The van der Waals surface area contributed by atoms with Crippen molar-refractivity contribution in [3.63, 3.8) is 0 Å². The number of ether oxygens (including phenoxy) is 1. The Balaban J connectivity index is 0.000000195. The fourth-order valence-electron chi connectivity index (χ4n) is 7.77. The second kappa shape index (κ2) is 19.5. The molecule has 2 aromatic heterocycles. The summed E-state index contributed by atoms with van der Waals surface area (Å²) < 4.78 is 5.49. The molecule has 0 saturated carbocycles. The second-order valence-electron chi connectivity index (χ2n) is 16.5. The van der Waals surface area contributed by atoms with Gasteiger partial charge in [-0.05, 0) is 100 Å². The molecule has 0 radical (unpaired) electrons. The number of fused-ring (bicyclic) bond motifs is 2. The van der Waals surface area contributed by atoms with E-state index in [-0.39, 0.29) is 5.91 Å². The Morgan fingerprint density at radius 2 is 1.09 bits per heavy atom. The highest BCUT2D eigenvalue weighted by molar-refractivity contribution is 6.35. The van der Waals surface area contributed by atoms with E-state index in [0.717, 1.165) is 44.4 Å². The van der Waals surface area contributed by atoms with Gasteiger partial charge in [-0.15, -0.1) is 0 Å². The van der Waals surface area contributed by atoms with Gasteiger partial charge in [0.05, 0.1) is 46.3 Å². The van der Waals surface area contributed by atoms with Crippen molar-refractivity contribution in [2.75, 3.05) is 49.1 Å². The van der Waals surface area contributed by atoms with Crippen molar-refractivity contribution < 1.29 is 14.3 Å². The lowest BCUT2D eigenvalue weighted by molar-refractivity contribution is -0.127. The lowest BCUT2D eigenvalue weighted by atomic mass is 10.0. The number of aryl methyl sites for hydroxylation is 2. The molecule has 65 heavy (non-hydrogen) atoms. The van der Waals surface area contributed by atoms with Crippen molar-refractivity contribution >= 4 is 91.8 Å². The summed E-state index contributed by atoms with van der Waals surface area (Å²) in [6.45, 7) is 15.0. The monoisotopic (exact) mass is 948 g/mol. The number of carbonyl (C=O) groups is 2. The van der Waals surface area contributed by atoms with Gasteiger partial charge in [0.25, 0.3) is 0 Å². The minimum Gasteiger partial charge on any atom is -0.444 e. The van der Waals surface area contributed by atoms with Gasteiger partial charge in [0.2, 0.25) is 5.91 Å². The van der Waals surface area contributed by atoms with E-state index in [0.29, 0.717) is 82.3 Å². The number of piperazine rings is 2. The van der Waals surface area contributed by atoms with Crippen LogP contribution in [-0.2, 0) is 9.53 Å². The highest BCUT2D eigenvalue weighted by atomic mass is 35.5. The summed E-state index contributed by atoms with van der Waals surface area (Å²) in [5.74, 6) is 2.39. The largest absolute Gasteiger partial charge is 0.444 e. The van der Waals surface area contributed by atoms with Crippen molar-refractivity contribution in [3.05, 3.63) is 117 Å². The summed E-state index contributed by atoms with van der Waals surface area (Å²) in [6.07, 6.45) is 0.754. The van der Waals surface area contributed by atoms with Crippen LogP contribution in [0, 0.1) is 36.5 Å². The van der Waals surface area contributed by atoms with Crippen molar-refractivity contribution in [2.24, 2.45) is 0 Å². The van der Waals surface area contributed by atoms with Crippen molar-refractivity contribution in [2.45, 2.75) is 52.3 Å². The van der Waals surface area contributed by atoms with Gasteiger partial charge in [0.1, 0.15) is 41.0 Å². The van der Waals surface area contributed by atoms with Gasteiger partial charge in [0.15, 0.2) is 0 Å². The van der Waals surface area contributed by atoms with E-state index in [9.17, 15) is 20.1 Å².